The zero-order valence-corrected chi connectivity index (χ0v) is 15.3. The number of aryl methyl sites for hydroxylation is 1. The highest BCUT2D eigenvalue weighted by Gasteiger charge is 2.48. The van der Waals surface area contributed by atoms with Crippen LogP contribution < -0.4 is 15.5 Å². The van der Waals surface area contributed by atoms with Crippen LogP contribution in [-0.2, 0) is 9.59 Å². The van der Waals surface area contributed by atoms with Gasteiger partial charge in [-0.3, -0.25) is 9.59 Å². The van der Waals surface area contributed by atoms with Crippen molar-refractivity contribution in [1.29, 1.82) is 0 Å². The van der Waals surface area contributed by atoms with Crippen LogP contribution in [-0.4, -0.2) is 30.9 Å². The largest absolute Gasteiger partial charge is 0.372 e. The van der Waals surface area contributed by atoms with Crippen molar-refractivity contribution in [2.24, 2.45) is 11.8 Å². The first kappa shape index (κ1) is 18.3. The van der Waals surface area contributed by atoms with Gasteiger partial charge in [-0.15, -0.1) is 0 Å². The van der Waals surface area contributed by atoms with Gasteiger partial charge in [-0.05, 0) is 64.8 Å². The number of nitrogens with one attached hydrogen (secondary N) is 2. The molecule has 1 aromatic rings. The molecule has 1 aliphatic rings. The zero-order valence-electron chi connectivity index (χ0n) is 15.3. The highest BCUT2D eigenvalue weighted by Crippen LogP contribution is 2.40. The lowest BCUT2D eigenvalue weighted by molar-refractivity contribution is -0.125. The smallest absolute Gasteiger partial charge is 0.228 e. The molecule has 0 bridgehead atoms. The highest BCUT2D eigenvalue weighted by atomic mass is 16.2. The van der Waals surface area contributed by atoms with Gasteiger partial charge < -0.3 is 15.5 Å². The van der Waals surface area contributed by atoms with E-state index in [2.05, 4.69) is 35.4 Å². The van der Waals surface area contributed by atoms with Gasteiger partial charge in [0.05, 0.1) is 11.8 Å². The first-order chi connectivity index (χ1) is 11.4. The predicted molar refractivity (Wildman–Crippen MR) is 98.2 cm³/mol. The van der Waals surface area contributed by atoms with Crippen LogP contribution in [0.15, 0.2) is 18.2 Å². The molecule has 1 fully saturated rings. The fourth-order valence-electron chi connectivity index (χ4n) is 2.97. The lowest BCUT2D eigenvalue weighted by Gasteiger charge is -2.22. The summed E-state index contributed by atoms with van der Waals surface area (Å²) in [6.45, 7) is 12.0. The zero-order chi connectivity index (χ0) is 17.9. The molecule has 0 spiro atoms. The number of nitrogens with zero attached hydrogens (tertiary/aromatic N) is 1. The highest BCUT2D eigenvalue weighted by molar-refractivity contribution is 6.00. The number of anilines is 2. The number of carbonyl (C=O) groups excluding carboxylic acids is 2. The maximum absolute atomic E-state index is 12.4. The summed E-state index contributed by atoms with van der Waals surface area (Å²) in [6.07, 6.45) is 0.640. The van der Waals surface area contributed by atoms with E-state index in [9.17, 15) is 9.59 Å². The summed E-state index contributed by atoms with van der Waals surface area (Å²) < 4.78 is 0. The molecule has 2 N–H and O–H groups in total. The van der Waals surface area contributed by atoms with Crippen LogP contribution in [0.25, 0.3) is 0 Å². The Labute approximate surface area is 144 Å². The minimum Gasteiger partial charge on any atom is -0.372 e. The van der Waals surface area contributed by atoms with Gasteiger partial charge in [-0.1, -0.05) is 0 Å². The van der Waals surface area contributed by atoms with E-state index in [1.807, 2.05) is 32.9 Å². The summed E-state index contributed by atoms with van der Waals surface area (Å²) in [7, 11) is 0. The fraction of sp³-hybridized carbons (Fsp3) is 0.579. The molecular weight excluding hydrogens is 302 g/mol. The molecule has 132 valence electrons. The van der Waals surface area contributed by atoms with Crippen molar-refractivity contribution in [3.05, 3.63) is 23.8 Å². The Bertz CT molecular complexity index is 609. The normalized spacial score (nSPS) is 19.1. The van der Waals surface area contributed by atoms with Crippen LogP contribution in [0.4, 0.5) is 11.4 Å². The molecule has 2 amide bonds. The second-order valence-electron chi connectivity index (χ2n) is 6.77. The second kappa shape index (κ2) is 7.69. The van der Waals surface area contributed by atoms with Crippen LogP contribution in [0.2, 0.25) is 0 Å². The van der Waals surface area contributed by atoms with Crippen molar-refractivity contribution in [3.8, 4) is 0 Å². The lowest BCUT2D eigenvalue weighted by Crippen LogP contribution is -2.32. The van der Waals surface area contributed by atoms with Gasteiger partial charge in [0.2, 0.25) is 11.8 Å². The van der Waals surface area contributed by atoms with E-state index in [1.54, 1.807) is 0 Å². The summed E-state index contributed by atoms with van der Waals surface area (Å²) in [5.41, 5.74) is 3.03. The topological polar surface area (TPSA) is 61.4 Å². The maximum atomic E-state index is 12.4. The Morgan fingerprint density at radius 1 is 1.17 bits per heavy atom. The molecule has 2 rings (SSSR count). The number of hydrogen-bond acceptors (Lipinski definition) is 3. The quantitative estimate of drug-likeness (QED) is 0.807. The van der Waals surface area contributed by atoms with Crippen molar-refractivity contribution >= 4 is 23.2 Å². The first-order valence-corrected chi connectivity index (χ1v) is 8.84. The minimum absolute atomic E-state index is 0.0150. The predicted octanol–water partition coefficient (Wildman–Crippen LogP) is 2.94. The Hall–Kier alpha value is -2.04. The number of benzene rings is 1. The van der Waals surface area contributed by atoms with E-state index < -0.39 is 0 Å². The number of rotatable bonds is 7. The Kier molecular flexibility index (Phi) is 5.86. The molecule has 5 nitrogen and oxygen atoms in total. The van der Waals surface area contributed by atoms with Gasteiger partial charge >= 0.3 is 0 Å². The third-order valence-corrected chi connectivity index (χ3v) is 4.49. The van der Waals surface area contributed by atoms with E-state index in [0.717, 1.165) is 30.0 Å². The minimum atomic E-state index is -0.203. The van der Waals surface area contributed by atoms with Gasteiger partial charge in [0, 0.05) is 30.5 Å². The number of amides is 2. The van der Waals surface area contributed by atoms with E-state index in [1.165, 1.54) is 0 Å². The van der Waals surface area contributed by atoms with Crippen LogP contribution in [0.5, 0.6) is 0 Å². The van der Waals surface area contributed by atoms with Crippen molar-refractivity contribution in [1.82, 2.24) is 5.32 Å². The molecule has 0 aromatic heterocycles. The summed E-state index contributed by atoms with van der Waals surface area (Å²) in [5, 5.41) is 5.85. The van der Waals surface area contributed by atoms with E-state index in [4.69, 9.17) is 0 Å². The molecule has 2 atom stereocenters. The third kappa shape index (κ3) is 4.28. The van der Waals surface area contributed by atoms with Crippen molar-refractivity contribution in [2.45, 2.75) is 47.1 Å². The summed E-state index contributed by atoms with van der Waals surface area (Å²) in [5.74, 6) is -0.454. The molecule has 24 heavy (non-hydrogen) atoms. The van der Waals surface area contributed by atoms with E-state index in [0.29, 0.717) is 6.42 Å². The molecular formula is C19H29N3O2. The maximum Gasteiger partial charge on any atom is 0.228 e. The van der Waals surface area contributed by atoms with Crippen LogP contribution >= 0.6 is 0 Å². The lowest BCUT2D eigenvalue weighted by atomic mass is 10.1. The average molecular weight is 331 g/mol. The first-order valence-electron chi connectivity index (χ1n) is 8.84. The number of hydrogen-bond donors (Lipinski definition) is 2. The Morgan fingerprint density at radius 2 is 1.79 bits per heavy atom. The van der Waals surface area contributed by atoms with Gasteiger partial charge in [0.25, 0.3) is 0 Å². The Morgan fingerprint density at radius 3 is 2.33 bits per heavy atom. The average Bonchev–Trinajstić information content (AvgIpc) is 3.31. The van der Waals surface area contributed by atoms with Gasteiger partial charge in [0.15, 0.2) is 0 Å². The Balaban J connectivity index is 1.97. The van der Waals surface area contributed by atoms with Gasteiger partial charge in [-0.25, -0.2) is 0 Å². The van der Waals surface area contributed by atoms with Crippen molar-refractivity contribution < 1.29 is 9.59 Å². The van der Waals surface area contributed by atoms with Gasteiger partial charge in [-0.2, -0.15) is 0 Å². The summed E-state index contributed by atoms with van der Waals surface area (Å²) in [6, 6.07) is 6.19. The molecule has 1 aromatic carbocycles. The molecule has 0 radical (unpaired) electrons. The van der Waals surface area contributed by atoms with Crippen LogP contribution in [0.1, 0.15) is 39.7 Å². The van der Waals surface area contributed by atoms with Crippen molar-refractivity contribution in [2.75, 3.05) is 23.3 Å². The molecule has 0 saturated heterocycles. The number of carbonyl (C=O) groups is 2. The fourth-order valence-corrected chi connectivity index (χ4v) is 2.97. The summed E-state index contributed by atoms with van der Waals surface area (Å²) in [4.78, 5) is 26.6. The van der Waals surface area contributed by atoms with E-state index in [-0.39, 0.29) is 29.7 Å². The van der Waals surface area contributed by atoms with Crippen molar-refractivity contribution in [3.63, 3.8) is 0 Å². The molecule has 5 heteroatoms. The monoisotopic (exact) mass is 331 g/mol. The molecule has 1 aliphatic carbocycles. The SMILES string of the molecule is CCN(CC)c1ccc(NC(=O)C2CC2C(=O)NC(C)C)c(C)c1. The summed E-state index contributed by atoms with van der Waals surface area (Å²) >= 11 is 0. The van der Waals surface area contributed by atoms with Gasteiger partial charge in [0.1, 0.15) is 0 Å². The third-order valence-electron chi connectivity index (χ3n) is 4.49. The van der Waals surface area contributed by atoms with Crippen LogP contribution in [0, 0.1) is 18.8 Å². The molecule has 0 aliphatic heterocycles. The molecule has 1 saturated carbocycles. The standard InChI is InChI=1S/C19H29N3O2/c1-6-22(7-2)14-8-9-17(13(5)10-14)21-19(24)16-11-15(16)18(23)20-12(3)4/h8-10,12,15-16H,6-7,11H2,1-5H3,(H,20,23)(H,21,24). The molecule has 0 heterocycles. The molecule has 2 unspecified atom stereocenters. The second-order valence-corrected chi connectivity index (χ2v) is 6.77. The van der Waals surface area contributed by atoms with Crippen LogP contribution in [0.3, 0.4) is 0 Å². The van der Waals surface area contributed by atoms with E-state index >= 15 is 0 Å².